The molecule has 4 heteroatoms. The molecule has 1 aliphatic rings. The summed E-state index contributed by atoms with van der Waals surface area (Å²) in [4.78, 5) is 11.0. The molecule has 1 fully saturated rings. The van der Waals surface area contributed by atoms with E-state index in [0.717, 1.165) is 17.7 Å². The van der Waals surface area contributed by atoms with Crippen molar-refractivity contribution >= 4 is 15.9 Å². The highest BCUT2D eigenvalue weighted by Gasteiger charge is 2.21. The molecule has 0 bridgehead atoms. The van der Waals surface area contributed by atoms with Crippen LogP contribution in [0.25, 0.3) is 0 Å². The van der Waals surface area contributed by atoms with E-state index >= 15 is 0 Å². The van der Waals surface area contributed by atoms with Crippen molar-refractivity contribution in [2.75, 3.05) is 11.9 Å². The molecule has 15 heavy (non-hydrogen) atoms. The van der Waals surface area contributed by atoms with Crippen molar-refractivity contribution in [2.24, 2.45) is 0 Å². The molecule has 2 rings (SSSR count). The number of rotatable bonds is 3. The zero-order valence-corrected chi connectivity index (χ0v) is 10.4. The van der Waals surface area contributed by atoms with Crippen molar-refractivity contribution in [3.63, 3.8) is 0 Å². The van der Waals surface area contributed by atoms with Gasteiger partial charge in [0.2, 0.25) is 0 Å². The topological polar surface area (TPSA) is 29.0 Å². The minimum absolute atomic E-state index is 0.655. The summed E-state index contributed by atoms with van der Waals surface area (Å²) in [5.41, 5.74) is 0. The molecule has 0 amide bonds. The Kier molecular flexibility index (Phi) is 4.09. The molecule has 0 saturated carbocycles. The molecule has 82 valence electrons. The van der Waals surface area contributed by atoms with Gasteiger partial charge in [-0.3, -0.25) is 4.90 Å². The smallest absolute Gasteiger partial charge is 0.142 e. The predicted octanol–water partition coefficient (Wildman–Crippen LogP) is 2.23. The van der Waals surface area contributed by atoms with Gasteiger partial charge in [0.05, 0.1) is 6.54 Å². The number of aromatic nitrogens is 2. The lowest BCUT2D eigenvalue weighted by molar-refractivity contribution is 0.153. The number of hydrogen-bond acceptors (Lipinski definition) is 3. The minimum Gasteiger partial charge on any atom is -0.292 e. The third-order valence-electron chi connectivity index (χ3n) is 2.89. The first kappa shape index (κ1) is 11.0. The number of halogens is 1. The maximum Gasteiger partial charge on any atom is 0.142 e. The Morgan fingerprint density at radius 2 is 2.13 bits per heavy atom. The average Bonchev–Trinajstić information content (AvgIpc) is 2.31. The summed E-state index contributed by atoms with van der Waals surface area (Å²) in [6.07, 6.45) is 7.57. The molecular weight excluding hydrogens is 254 g/mol. The summed E-state index contributed by atoms with van der Waals surface area (Å²) in [6, 6.07) is 2.52. The lowest BCUT2D eigenvalue weighted by atomic mass is 10.0. The van der Waals surface area contributed by atoms with Crippen molar-refractivity contribution in [1.29, 1.82) is 0 Å². The quantitative estimate of drug-likeness (QED) is 0.789. The van der Waals surface area contributed by atoms with Gasteiger partial charge in [0.25, 0.3) is 0 Å². The van der Waals surface area contributed by atoms with Gasteiger partial charge >= 0.3 is 0 Å². The Morgan fingerprint density at radius 1 is 1.33 bits per heavy atom. The zero-order valence-electron chi connectivity index (χ0n) is 8.77. The Bertz CT molecular complexity index is 291. The number of piperidine rings is 1. The molecule has 0 aliphatic carbocycles. The second-order valence-corrected chi connectivity index (χ2v) is 4.59. The summed E-state index contributed by atoms with van der Waals surface area (Å²) in [5, 5.41) is 1.06. The Labute approximate surface area is 99.0 Å². The maximum absolute atomic E-state index is 4.27. The van der Waals surface area contributed by atoms with Crippen LogP contribution in [0.2, 0.25) is 0 Å². The van der Waals surface area contributed by atoms with Crippen LogP contribution in [-0.4, -0.2) is 32.8 Å². The summed E-state index contributed by atoms with van der Waals surface area (Å²) >= 11 is 3.58. The summed E-state index contributed by atoms with van der Waals surface area (Å²) in [7, 11) is 0. The van der Waals surface area contributed by atoms with E-state index in [9.17, 15) is 0 Å². The van der Waals surface area contributed by atoms with E-state index in [0.29, 0.717) is 6.04 Å². The molecule has 1 aliphatic heterocycles. The lowest BCUT2D eigenvalue weighted by Crippen LogP contribution is -2.40. The van der Waals surface area contributed by atoms with Crippen molar-refractivity contribution in [3.8, 4) is 0 Å². The van der Waals surface area contributed by atoms with E-state index in [1.165, 1.54) is 25.8 Å². The van der Waals surface area contributed by atoms with Crippen molar-refractivity contribution in [1.82, 2.24) is 14.9 Å². The van der Waals surface area contributed by atoms with Gasteiger partial charge in [-0.05, 0) is 25.5 Å². The SMILES string of the molecule is BrCC1CCCCN1Cc1ncccn1. The van der Waals surface area contributed by atoms with E-state index in [1.54, 1.807) is 0 Å². The van der Waals surface area contributed by atoms with Crippen LogP contribution < -0.4 is 0 Å². The summed E-state index contributed by atoms with van der Waals surface area (Å²) < 4.78 is 0. The fraction of sp³-hybridized carbons (Fsp3) is 0.636. The fourth-order valence-corrected chi connectivity index (χ4v) is 2.77. The lowest BCUT2D eigenvalue weighted by Gasteiger charge is -2.33. The van der Waals surface area contributed by atoms with Gasteiger partial charge in [0, 0.05) is 23.8 Å². The third kappa shape index (κ3) is 2.98. The molecular formula is C11H16BrN3. The van der Waals surface area contributed by atoms with Gasteiger partial charge in [-0.25, -0.2) is 9.97 Å². The Hall–Kier alpha value is -0.480. The molecule has 0 aromatic carbocycles. The monoisotopic (exact) mass is 269 g/mol. The normalized spacial score (nSPS) is 22.9. The first-order valence-corrected chi connectivity index (χ1v) is 6.58. The van der Waals surface area contributed by atoms with Gasteiger partial charge in [-0.2, -0.15) is 0 Å². The van der Waals surface area contributed by atoms with E-state index in [-0.39, 0.29) is 0 Å². The number of likely N-dealkylation sites (tertiary alicyclic amines) is 1. The highest BCUT2D eigenvalue weighted by atomic mass is 79.9. The van der Waals surface area contributed by atoms with Crippen LogP contribution in [0.5, 0.6) is 0 Å². The van der Waals surface area contributed by atoms with E-state index < -0.39 is 0 Å². The largest absolute Gasteiger partial charge is 0.292 e. The van der Waals surface area contributed by atoms with Crippen LogP contribution >= 0.6 is 15.9 Å². The van der Waals surface area contributed by atoms with Gasteiger partial charge < -0.3 is 0 Å². The molecule has 1 atom stereocenters. The van der Waals surface area contributed by atoms with Crippen LogP contribution in [0, 0.1) is 0 Å². The van der Waals surface area contributed by atoms with Crippen LogP contribution in [0.4, 0.5) is 0 Å². The highest BCUT2D eigenvalue weighted by Crippen LogP contribution is 2.19. The fourth-order valence-electron chi connectivity index (χ4n) is 2.04. The minimum atomic E-state index is 0.655. The van der Waals surface area contributed by atoms with Crippen molar-refractivity contribution in [2.45, 2.75) is 31.8 Å². The molecule has 0 spiro atoms. The Balaban J connectivity index is 1.97. The van der Waals surface area contributed by atoms with E-state index in [2.05, 4.69) is 30.8 Å². The van der Waals surface area contributed by atoms with Gasteiger partial charge in [-0.1, -0.05) is 22.4 Å². The molecule has 0 radical (unpaired) electrons. The van der Waals surface area contributed by atoms with E-state index in [1.807, 2.05) is 18.5 Å². The highest BCUT2D eigenvalue weighted by molar-refractivity contribution is 9.09. The second kappa shape index (κ2) is 5.56. The van der Waals surface area contributed by atoms with Gasteiger partial charge in [0.1, 0.15) is 5.82 Å². The molecule has 1 saturated heterocycles. The van der Waals surface area contributed by atoms with Crippen molar-refractivity contribution < 1.29 is 0 Å². The molecule has 3 nitrogen and oxygen atoms in total. The number of alkyl halides is 1. The van der Waals surface area contributed by atoms with E-state index in [4.69, 9.17) is 0 Å². The maximum atomic E-state index is 4.27. The third-order valence-corrected chi connectivity index (χ3v) is 3.64. The van der Waals surface area contributed by atoms with Gasteiger partial charge in [0.15, 0.2) is 0 Å². The number of hydrogen-bond donors (Lipinski definition) is 0. The Morgan fingerprint density at radius 3 is 2.87 bits per heavy atom. The standard InChI is InChI=1S/C11H16BrN3/c12-8-10-4-1-2-7-15(10)9-11-13-5-3-6-14-11/h3,5-6,10H,1-2,4,7-9H2. The predicted molar refractivity (Wildman–Crippen MR) is 63.9 cm³/mol. The zero-order chi connectivity index (χ0) is 10.5. The average molecular weight is 270 g/mol. The van der Waals surface area contributed by atoms with Crippen LogP contribution in [0.1, 0.15) is 25.1 Å². The molecule has 1 aromatic rings. The van der Waals surface area contributed by atoms with Crippen molar-refractivity contribution in [3.05, 3.63) is 24.3 Å². The van der Waals surface area contributed by atoms with Crippen LogP contribution in [-0.2, 0) is 6.54 Å². The molecule has 2 heterocycles. The first-order chi connectivity index (χ1) is 7.40. The second-order valence-electron chi connectivity index (χ2n) is 3.94. The summed E-state index contributed by atoms with van der Waals surface area (Å²) in [6.45, 7) is 2.06. The van der Waals surface area contributed by atoms with Crippen LogP contribution in [0.3, 0.4) is 0 Å². The molecule has 1 unspecified atom stereocenters. The number of nitrogens with zero attached hydrogens (tertiary/aromatic N) is 3. The molecule has 0 N–H and O–H groups in total. The summed E-state index contributed by atoms with van der Waals surface area (Å²) in [5.74, 6) is 0.936. The first-order valence-electron chi connectivity index (χ1n) is 5.46. The van der Waals surface area contributed by atoms with Crippen LogP contribution in [0.15, 0.2) is 18.5 Å². The molecule has 1 aromatic heterocycles. The van der Waals surface area contributed by atoms with Gasteiger partial charge in [-0.15, -0.1) is 0 Å².